The van der Waals surface area contributed by atoms with Crippen molar-refractivity contribution in [1.29, 1.82) is 0 Å². The highest BCUT2D eigenvalue weighted by molar-refractivity contribution is 5.99. The summed E-state index contributed by atoms with van der Waals surface area (Å²) in [4.78, 5) is 19.0. The fourth-order valence-electron chi connectivity index (χ4n) is 3.33. The van der Waals surface area contributed by atoms with E-state index in [9.17, 15) is 13.6 Å². The van der Waals surface area contributed by atoms with Crippen molar-refractivity contribution in [2.24, 2.45) is 5.16 Å². The number of urea groups is 1. The zero-order valence-corrected chi connectivity index (χ0v) is 19.1. The molecule has 33 heavy (non-hydrogen) atoms. The van der Waals surface area contributed by atoms with E-state index < -0.39 is 6.43 Å². The first-order valence-electron chi connectivity index (χ1n) is 10.5. The van der Waals surface area contributed by atoms with Crippen molar-refractivity contribution >= 4 is 17.4 Å². The number of amides is 2. The van der Waals surface area contributed by atoms with Crippen LogP contribution in [0, 0.1) is 6.92 Å². The summed E-state index contributed by atoms with van der Waals surface area (Å²) in [7, 11) is 3.32. The molecule has 1 N–H and O–H groups in total. The number of anilines is 1. The van der Waals surface area contributed by atoms with Crippen LogP contribution in [0.2, 0.25) is 0 Å². The smallest absolute Gasteiger partial charge is 0.321 e. The maximum Gasteiger partial charge on any atom is 0.321 e. The van der Waals surface area contributed by atoms with Crippen LogP contribution in [0.25, 0.3) is 11.1 Å². The molecule has 5 nitrogen and oxygen atoms in total. The average molecular weight is 452 g/mol. The predicted molar refractivity (Wildman–Crippen MR) is 128 cm³/mol. The molecule has 3 aromatic rings. The first kappa shape index (κ1) is 23.9. The van der Waals surface area contributed by atoms with E-state index in [2.05, 4.69) is 10.5 Å². The number of benzene rings is 3. The highest BCUT2D eigenvalue weighted by Gasteiger charge is 2.16. The molecule has 7 heteroatoms. The molecular weight excluding hydrogens is 424 g/mol. The standard InChI is InChI=1S/C26H27F2N3O2/c1-17-9-8-12-24(29-26(32)31(3)4)23(17)16-33-30-18(2)20-13-14-21(22(15-20)25(27)28)19-10-6-5-7-11-19/h5-15,25H,16H2,1-4H3,(H,29,32). The maximum absolute atomic E-state index is 13.8. The SMILES string of the molecule is CC(=NOCc1c(C)cccc1NC(=O)N(C)C)c1ccc(-c2ccccc2)c(C(F)F)c1. The van der Waals surface area contributed by atoms with Crippen molar-refractivity contribution in [3.8, 4) is 11.1 Å². The van der Waals surface area contributed by atoms with Crippen molar-refractivity contribution in [2.45, 2.75) is 26.9 Å². The Balaban J connectivity index is 1.80. The summed E-state index contributed by atoms with van der Waals surface area (Å²) in [5.74, 6) is 0. The van der Waals surface area contributed by atoms with Gasteiger partial charge in [0.1, 0.15) is 6.61 Å². The second-order valence-corrected chi connectivity index (χ2v) is 7.84. The second-order valence-electron chi connectivity index (χ2n) is 7.84. The Hall–Kier alpha value is -3.74. The highest BCUT2D eigenvalue weighted by atomic mass is 19.3. The Labute approximate surface area is 192 Å². The Morgan fingerprint density at radius 3 is 2.45 bits per heavy atom. The molecule has 2 amide bonds. The number of halogens is 2. The van der Waals surface area contributed by atoms with Gasteiger partial charge in [-0.15, -0.1) is 0 Å². The van der Waals surface area contributed by atoms with E-state index in [0.717, 1.165) is 16.7 Å². The molecule has 0 aliphatic carbocycles. The summed E-state index contributed by atoms with van der Waals surface area (Å²) in [5, 5.41) is 6.98. The van der Waals surface area contributed by atoms with E-state index in [4.69, 9.17) is 4.84 Å². The Kier molecular flexibility index (Phi) is 7.77. The van der Waals surface area contributed by atoms with Crippen molar-refractivity contribution in [3.05, 3.63) is 89.0 Å². The van der Waals surface area contributed by atoms with Gasteiger partial charge in [-0.25, -0.2) is 13.6 Å². The van der Waals surface area contributed by atoms with E-state index in [1.165, 1.54) is 11.0 Å². The van der Waals surface area contributed by atoms with E-state index >= 15 is 0 Å². The number of alkyl halides is 2. The number of nitrogens with zero attached hydrogens (tertiary/aromatic N) is 2. The average Bonchev–Trinajstić information content (AvgIpc) is 2.80. The fourth-order valence-corrected chi connectivity index (χ4v) is 3.33. The molecule has 3 rings (SSSR count). The van der Waals surface area contributed by atoms with Gasteiger partial charge < -0.3 is 15.1 Å². The van der Waals surface area contributed by atoms with Crippen LogP contribution in [0.15, 0.2) is 71.9 Å². The zero-order valence-electron chi connectivity index (χ0n) is 19.1. The topological polar surface area (TPSA) is 53.9 Å². The predicted octanol–water partition coefficient (Wildman–Crippen LogP) is 6.63. The molecule has 0 spiro atoms. The van der Waals surface area contributed by atoms with Crippen LogP contribution in [0.1, 0.15) is 35.6 Å². The number of hydrogen-bond donors (Lipinski definition) is 1. The van der Waals surface area contributed by atoms with Gasteiger partial charge in [-0.05, 0) is 48.2 Å². The lowest BCUT2D eigenvalue weighted by molar-refractivity contribution is 0.130. The highest BCUT2D eigenvalue weighted by Crippen LogP contribution is 2.32. The lowest BCUT2D eigenvalue weighted by Gasteiger charge is -2.16. The van der Waals surface area contributed by atoms with E-state index in [1.54, 1.807) is 51.4 Å². The minimum Gasteiger partial charge on any atom is -0.391 e. The summed E-state index contributed by atoms with van der Waals surface area (Å²) in [5.41, 5.74) is 4.55. The van der Waals surface area contributed by atoms with E-state index in [1.807, 2.05) is 37.3 Å². The largest absolute Gasteiger partial charge is 0.391 e. The van der Waals surface area contributed by atoms with Gasteiger partial charge in [0, 0.05) is 30.9 Å². The van der Waals surface area contributed by atoms with Gasteiger partial charge >= 0.3 is 6.03 Å². The quantitative estimate of drug-likeness (QED) is 0.324. The summed E-state index contributed by atoms with van der Waals surface area (Å²) in [6, 6.07) is 19.3. The number of hydrogen-bond acceptors (Lipinski definition) is 3. The molecule has 0 saturated carbocycles. The van der Waals surface area contributed by atoms with Crippen LogP contribution >= 0.6 is 0 Å². The molecular formula is C26H27F2N3O2. The van der Waals surface area contributed by atoms with Gasteiger partial charge in [0.25, 0.3) is 6.43 Å². The maximum atomic E-state index is 13.8. The van der Waals surface area contributed by atoms with Crippen LogP contribution in [-0.4, -0.2) is 30.7 Å². The Morgan fingerprint density at radius 1 is 1.06 bits per heavy atom. The van der Waals surface area contributed by atoms with Crippen molar-refractivity contribution in [2.75, 3.05) is 19.4 Å². The van der Waals surface area contributed by atoms with Crippen molar-refractivity contribution in [3.63, 3.8) is 0 Å². The van der Waals surface area contributed by atoms with Gasteiger partial charge in [0.15, 0.2) is 0 Å². The molecule has 0 fully saturated rings. The van der Waals surface area contributed by atoms with Crippen LogP contribution in [0.4, 0.5) is 19.3 Å². The van der Waals surface area contributed by atoms with Crippen molar-refractivity contribution in [1.82, 2.24) is 4.90 Å². The van der Waals surface area contributed by atoms with Crippen molar-refractivity contribution < 1.29 is 18.4 Å². The minimum absolute atomic E-state index is 0.0548. The number of carbonyl (C=O) groups is 1. The van der Waals surface area contributed by atoms with Crippen LogP contribution in [-0.2, 0) is 11.4 Å². The van der Waals surface area contributed by atoms with Crippen LogP contribution in [0.5, 0.6) is 0 Å². The molecule has 0 unspecified atom stereocenters. The van der Waals surface area contributed by atoms with E-state index in [-0.39, 0.29) is 18.2 Å². The second kappa shape index (κ2) is 10.7. The molecule has 0 aliphatic rings. The molecule has 0 saturated heterocycles. The molecule has 0 radical (unpaired) electrons. The lowest BCUT2D eigenvalue weighted by atomic mass is 9.96. The number of nitrogens with one attached hydrogen (secondary N) is 1. The summed E-state index contributed by atoms with van der Waals surface area (Å²) < 4.78 is 27.5. The minimum atomic E-state index is -2.62. The first-order valence-corrected chi connectivity index (χ1v) is 10.5. The van der Waals surface area contributed by atoms with Gasteiger partial charge in [0.2, 0.25) is 0 Å². The number of rotatable bonds is 7. The number of aryl methyl sites for hydroxylation is 1. The molecule has 0 aromatic heterocycles. The molecule has 0 atom stereocenters. The van der Waals surface area contributed by atoms with Gasteiger partial charge in [-0.1, -0.05) is 59.8 Å². The molecule has 0 aliphatic heterocycles. The molecule has 172 valence electrons. The third-order valence-corrected chi connectivity index (χ3v) is 5.26. The van der Waals surface area contributed by atoms with Crippen LogP contribution < -0.4 is 5.32 Å². The summed E-state index contributed by atoms with van der Waals surface area (Å²) >= 11 is 0. The fraction of sp³-hybridized carbons (Fsp3) is 0.231. The first-order chi connectivity index (χ1) is 15.8. The normalized spacial score (nSPS) is 11.4. The number of oxime groups is 1. The molecule has 3 aromatic carbocycles. The van der Waals surface area contributed by atoms with Gasteiger partial charge in [-0.2, -0.15) is 0 Å². The van der Waals surface area contributed by atoms with Gasteiger partial charge in [-0.3, -0.25) is 0 Å². The molecule has 0 heterocycles. The summed E-state index contributed by atoms with van der Waals surface area (Å²) in [6.07, 6.45) is -2.62. The lowest BCUT2D eigenvalue weighted by Crippen LogP contribution is -2.27. The third kappa shape index (κ3) is 5.94. The molecule has 0 bridgehead atoms. The number of carbonyl (C=O) groups excluding carboxylic acids is 1. The van der Waals surface area contributed by atoms with Crippen LogP contribution in [0.3, 0.4) is 0 Å². The van der Waals surface area contributed by atoms with E-state index in [0.29, 0.717) is 22.5 Å². The Bertz CT molecular complexity index is 1150. The summed E-state index contributed by atoms with van der Waals surface area (Å²) in [6.45, 7) is 3.74. The van der Waals surface area contributed by atoms with Gasteiger partial charge in [0.05, 0.1) is 5.71 Å². The third-order valence-electron chi connectivity index (χ3n) is 5.26. The Morgan fingerprint density at radius 2 is 1.79 bits per heavy atom. The monoisotopic (exact) mass is 451 g/mol. The zero-order chi connectivity index (χ0) is 24.0.